The summed E-state index contributed by atoms with van der Waals surface area (Å²) in [6, 6.07) is 1.74. The van der Waals surface area contributed by atoms with Crippen LogP contribution < -0.4 is 0 Å². The Balaban J connectivity index is 2.70. The summed E-state index contributed by atoms with van der Waals surface area (Å²) in [7, 11) is 1.32. The van der Waals surface area contributed by atoms with Crippen molar-refractivity contribution >= 4 is 32.9 Å². The number of methoxy groups -OCH3 is 1. The third kappa shape index (κ3) is 1.39. The average Bonchev–Trinajstić information content (AvgIpc) is 2.56. The summed E-state index contributed by atoms with van der Waals surface area (Å²) in [6.45, 7) is 0. The highest BCUT2D eigenvalue weighted by Crippen LogP contribution is 2.25. The van der Waals surface area contributed by atoms with E-state index in [0.717, 1.165) is 5.39 Å². The highest BCUT2D eigenvalue weighted by atomic mass is 79.9. The SMILES string of the molecule is COC(=O)c1cncc2cc(Br)oc12. The number of furan rings is 1. The first-order valence-corrected chi connectivity index (χ1v) is 4.63. The Bertz CT molecular complexity index is 492. The summed E-state index contributed by atoms with van der Waals surface area (Å²) in [4.78, 5) is 15.2. The quantitative estimate of drug-likeness (QED) is 0.735. The van der Waals surface area contributed by atoms with Crippen LogP contribution in [0.5, 0.6) is 0 Å². The molecule has 14 heavy (non-hydrogen) atoms. The second-order valence-electron chi connectivity index (χ2n) is 2.65. The van der Waals surface area contributed by atoms with Crippen molar-refractivity contribution in [2.45, 2.75) is 0 Å². The fourth-order valence-electron chi connectivity index (χ4n) is 1.19. The van der Waals surface area contributed by atoms with Gasteiger partial charge < -0.3 is 9.15 Å². The van der Waals surface area contributed by atoms with Crippen LogP contribution in [-0.2, 0) is 4.74 Å². The molecule has 0 N–H and O–H groups in total. The van der Waals surface area contributed by atoms with E-state index in [1.807, 2.05) is 0 Å². The lowest BCUT2D eigenvalue weighted by Crippen LogP contribution is -2.01. The zero-order valence-electron chi connectivity index (χ0n) is 7.28. The number of ether oxygens (including phenoxy) is 1. The van der Waals surface area contributed by atoms with E-state index < -0.39 is 5.97 Å². The number of hydrogen-bond acceptors (Lipinski definition) is 4. The lowest BCUT2D eigenvalue weighted by Gasteiger charge is -1.97. The van der Waals surface area contributed by atoms with Crippen molar-refractivity contribution in [2.75, 3.05) is 7.11 Å². The minimum Gasteiger partial charge on any atom is -0.465 e. The molecule has 0 atom stereocenters. The molecule has 0 radical (unpaired) electrons. The molecule has 0 spiro atoms. The Labute approximate surface area is 88.0 Å². The van der Waals surface area contributed by atoms with Gasteiger partial charge in [0, 0.05) is 23.8 Å². The molecular weight excluding hydrogens is 250 g/mol. The van der Waals surface area contributed by atoms with E-state index in [9.17, 15) is 4.79 Å². The highest BCUT2D eigenvalue weighted by molar-refractivity contribution is 9.10. The molecule has 0 saturated carbocycles. The number of fused-ring (bicyclic) bond motifs is 1. The van der Waals surface area contributed by atoms with Gasteiger partial charge in [0.25, 0.3) is 0 Å². The van der Waals surface area contributed by atoms with Crippen LogP contribution in [0.15, 0.2) is 27.5 Å². The van der Waals surface area contributed by atoms with E-state index in [0.29, 0.717) is 15.8 Å². The van der Waals surface area contributed by atoms with Crippen molar-refractivity contribution in [1.29, 1.82) is 0 Å². The van der Waals surface area contributed by atoms with Crippen molar-refractivity contribution in [3.05, 3.63) is 28.7 Å². The van der Waals surface area contributed by atoms with Gasteiger partial charge in [0.2, 0.25) is 0 Å². The minimum atomic E-state index is -0.454. The fraction of sp³-hybridized carbons (Fsp3) is 0.111. The zero-order chi connectivity index (χ0) is 10.1. The Morgan fingerprint density at radius 1 is 1.57 bits per heavy atom. The maximum atomic E-state index is 11.3. The van der Waals surface area contributed by atoms with Crippen molar-refractivity contribution in [3.63, 3.8) is 0 Å². The molecule has 0 aliphatic heterocycles. The van der Waals surface area contributed by atoms with Crippen LogP contribution in [0.4, 0.5) is 0 Å². The molecule has 0 aliphatic carbocycles. The maximum absolute atomic E-state index is 11.3. The molecule has 5 heteroatoms. The number of halogens is 1. The third-order valence-electron chi connectivity index (χ3n) is 1.80. The largest absolute Gasteiger partial charge is 0.465 e. The Morgan fingerprint density at radius 2 is 2.36 bits per heavy atom. The monoisotopic (exact) mass is 255 g/mol. The molecule has 72 valence electrons. The van der Waals surface area contributed by atoms with Gasteiger partial charge >= 0.3 is 5.97 Å². The van der Waals surface area contributed by atoms with Crippen LogP contribution in [0, 0.1) is 0 Å². The van der Waals surface area contributed by atoms with Crippen molar-refractivity contribution in [3.8, 4) is 0 Å². The molecule has 4 nitrogen and oxygen atoms in total. The highest BCUT2D eigenvalue weighted by Gasteiger charge is 2.14. The summed E-state index contributed by atoms with van der Waals surface area (Å²) in [5.41, 5.74) is 0.814. The summed E-state index contributed by atoms with van der Waals surface area (Å²) >= 11 is 3.18. The smallest absolute Gasteiger partial charge is 0.343 e. The minimum absolute atomic E-state index is 0.329. The number of carbonyl (C=O) groups excluding carboxylic acids is 1. The Morgan fingerprint density at radius 3 is 3.07 bits per heavy atom. The number of pyridine rings is 1. The number of rotatable bonds is 1. The van der Waals surface area contributed by atoms with Gasteiger partial charge in [-0.2, -0.15) is 0 Å². The van der Waals surface area contributed by atoms with E-state index >= 15 is 0 Å². The number of hydrogen-bond donors (Lipinski definition) is 0. The number of aromatic nitrogens is 1. The van der Waals surface area contributed by atoms with Gasteiger partial charge in [0.05, 0.1) is 7.11 Å². The second kappa shape index (κ2) is 3.42. The van der Waals surface area contributed by atoms with Gasteiger partial charge in [-0.3, -0.25) is 4.98 Å². The van der Waals surface area contributed by atoms with Crippen LogP contribution in [0.2, 0.25) is 0 Å². The third-order valence-corrected chi connectivity index (χ3v) is 2.19. The topological polar surface area (TPSA) is 52.3 Å². The number of carbonyl (C=O) groups is 1. The van der Waals surface area contributed by atoms with Gasteiger partial charge in [0.1, 0.15) is 5.56 Å². The van der Waals surface area contributed by atoms with E-state index in [1.54, 1.807) is 12.3 Å². The van der Waals surface area contributed by atoms with Crippen molar-refractivity contribution in [2.24, 2.45) is 0 Å². The first-order chi connectivity index (χ1) is 6.72. The summed E-state index contributed by atoms with van der Waals surface area (Å²) in [5.74, 6) is -0.454. The number of nitrogens with zero attached hydrogens (tertiary/aromatic N) is 1. The lowest BCUT2D eigenvalue weighted by atomic mass is 10.2. The molecule has 0 saturated heterocycles. The molecule has 2 aromatic rings. The molecule has 0 aliphatic rings. The maximum Gasteiger partial charge on any atom is 0.343 e. The molecular formula is C9H6BrNO3. The molecule has 2 rings (SSSR count). The van der Waals surface area contributed by atoms with Gasteiger partial charge in [-0.1, -0.05) is 0 Å². The number of esters is 1. The van der Waals surface area contributed by atoms with Crippen LogP contribution in [0.1, 0.15) is 10.4 Å². The van der Waals surface area contributed by atoms with Crippen molar-refractivity contribution in [1.82, 2.24) is 4.98 Å². The standard InChI is InChI=1S/C9H6BrNO3/c1-13-9(12)6-4-11-3-5-2-7(10)14-8(5)6/h2-4H,1H3. The van der Waals surface area contributed by atoms with E-state index in [1.165, 1.54) is 13.3 Å². The summed E-state index contributed by atoms with van der Waals surface area (Å²) < 4.78 is 10.5. The Hall–Kier alpha value is -1.36. The predicted octanol–water partition coefficient (Wildman–Crippen LogP) is 2.38. The van der Waals surface area contributed by atoms with Gasteiger partial charge in [-0.15, -0.1) is 0 Å². The lowest BCUT2D eigenvalue weighted by molar-refractivity contribution is 0.0601. The molecule has 0 bridgehead atoms. The van der Waals surface area contributed by atoms with Crippen LogP contribution in [0.3, 0.4) is 0 Å². The Kier molecular flexibility index (Phi) is 2.25. The zero-order valence-corrected chi connectivity index (χ0v) is 8.87. The first kappa shape index (κ1) is 9.21. The molecule has 2 aromatic heterocycles. The van der Waals surface area contributed by atoms with Crippen molar-refractivity contribution < 1.29 is 13.9 Å². The average molecular weight is 256 g/mol. The van der Waals surface area contributed by atoms with Crippen LogP contribution >= 0.6 is 15.9 Å². The summed E-state index contributed by atoms with van der Waals surface area (Å²) in [5, 5.41) is 0.764. The van der Waals surface area contributed by atoms with Gasteiger partial charge in [0.15, 0.2) is 10.3 Å². The van der Waals surface area contributed by atoms with E-state index in [4.69, 9.17) is 4.42 Å². The van der Waals surface area contributed by atoms with E-state index in [2.05, 4.69) is 25.7 Å². The molecule has 0 aromatic carbocycles. The molecule has 0 fully saturated rings. The molecule has 0 unspecified atom stereocenters. The van der Waals surface area contributed by atoms with Crippen LogP contribution in [-0.4, -0.2) is 18.1 Å². The molecule has 0 amide bonds. The first-order valence-electron chi connectivity index (χ1n) is 3.83. The second-order valence-corrected chi connectivity index (χ2v) is 3.43. The van der Waals surface area contributed by atoms with Gasteiger partial charge in [-0.25, -0.2) is 4.79 Å². The fourth-order valence-corrected chi connectivity index (χ4v) is 1.59. The van der Waals surface area contributed by atoms with Gasteiger partial charge in [-0.05, 0) is 15.9 Å². The summed E-state index contributed by atoms with van der Waals surface area (Å²) in [6.07, 6.45) is 3.04. The molecule has 2 heterocycles. The predicted molar refractivity (Wildman–Crippen MR) is 53.0 cm³/mol. The van der Waals surface area contributed by atoms with Crippen LogP contribution in [0.25, 0.3) is 11.0 Å². The normalized spacial score (nSPS) is 10.4. The van der Waals surface area contributed by atoms with E-state index in [-0.39, 0.29) is 0 Å².